The molecular weight excluding hydrogens is 1500 g/mol. The van der Waals surface area contributed by atoms with E-state index in [0.717, 1.165) is 11.8 Å². The van der Waals surface area contributed by atoms with E-state index in [0.29, 0.717) is 22.0 Å². The monoisotopic (exact) mass is 1610 g/mol. The number of phenols is 1. The number of aromatic amines is 1. The van der Waals surface area contributed by atoms with Crippen molar-refractivity contribution in [2.24, 2.45) is 40.5 Å². The van der Waals surface area contributed by atoms with Crippen LogP contribution in [0.3, 0.4) is 0 Å². The van der Waals surface area contributed by atoms with Crippen LogP contribution in [0.2, 0.25) is 0 Å². The Hall–Kier alpha value is -11.7. The van der Waals surface area contributed by atoms with Gasteiger partial charge in [-0.15, -0.1) is 11.8 Å². The first-order valence-corrected chi connectivity index (χ1v) is 39.1. The van der Waals surface area contributed by atoms with Gasteiger partial charge >= 0.3 is 0 Å². The van der Waals surface area contributed by atoms with Gasteiger partial charge in [0.25, 0.3) is 0 Å². The Morgan fingerprint density at radius 1 is 0.526 bits per heavy atom. The number of benzene rings is 2. The summed E-state index contributed by atoms with van der Waals surface area (Å²) in [5.74, 6) is -15.9. The minimum atomic E-state index is -1.82. The second-order valence-corrected chi connectivity index (χ2v) is 29.2. The molecular formula is C72H114N26O15S. The number of nitrogens with zero attached hydrogens (tertiary/aromatic N) is 1. The molecule has 32 N–H and O–H groups in total. The van der Waals surface area contributed by atoms with Gasteiger partial charge in [0.2, 0.25) is 76.8 Å². The van der Waals surface area contributed by atoms with Gasteiger partial charge in [-0.1, -0.05) is 70.9 Å². The zero-order valence-electron chi connectivity index (χ0n) is 64.8. The molecule has 1 aromatic heterocycles. The number of amides is 13. The van der Waals surface area contributed by atoms with Crippen molar-refractivity contribution in [1.82, 2.24) is 89.6 Å². The summed E-state index contributed by atoms with van der Waals surface area (Å²) < 4.78 is 0. The fraction of sp³-hybridized carbons (Fsp3) is 0.569. The summed E-state index contributed by atoms with van der Waals surface area (Å²) in [5, 5.41) is 91.8. The number of thioether (sulfide) groups is 1. The zero-order valence-corrected chi connectivity index (χ0v) is 65.6. The molecule has 2 saturated heterocycles. The molecule has 0 aliphatic carbocycles. The van der Waals surface area contributed by atoms with E-state index in [-0.39, 0.29) is 134 Å². The summed E-state index contributed by atoms with van der Waals surface area (Å²) in [5.41, 5.74) is 29.8. The molecule has 628 valence electrons. The number of para-hydroxylation sites is 1. The van der Waals surface area contributed by atoms with E-state index in [4.69, 9.17) is 50.3 Å². The molecule has 2 aliphatic rings. The van der Waals surface area contributed by atoms with Crippen LogP contribution < -0.4 is 108 Å². The molecule has 0 radical (unpaired) electrons. The fourth-order valence-corrected chi connectivity index (χ4v) is 13.5. The summed E-state index contributed by atoms with van der Waals surface area (Å²) in [6.07, 6.45) is 1.59. The van der Waals surface area contributed by atoms with E-state index in [2.05, 4.69) is 84.7 Å². The largest absolute Gasteiger partial charge is 0.508 e. The normalized spacial score (nSPS) is 24.1. The number of nitrogens with one attached hydrogen (secondary N) is 20. The number of carbonyl (C=O) groups is 13. The average Bonchev–Trinajstić information content (AvgIpc) is 1.62. The second kappa shape index (κ2) is 47.0. The highest BCUT2D eigenvalue weighted by Crippen LogP contribution is 2.24. The van der Waals surface area contributed by atoms with E-state index in [1.54, 1.807) is 58.2 Å². The Bertz CT molecular complexity index is 3870. The lowest BCUT2D eigenvalue weighted by Crippen LogP contribution is -2.62. The first-order chi connectivity index (χ1) is 54.1. The highest BCUT2D eigenvalue weighted by atomic mass is 32.2. The molecule has 2 aromatic carbocycles. The summed E-state index contributed by atoms with van der Waals surface area (Å²) in [6.45, 7) is 6.90. The lowest BCUT2D eigenvalue weighted by Gasteiger charge is -2.31. The van der Waals surface area contributed by atoms with Crippen molar-refractivity contribution in [2.45, 2.75) is 197 Å². The van der Waals surface area contributed by atoms with E-state index < -0.39 is 197 Å². The SMILES string of the molecule is CC[C@H](C)[C@@H]1NC(=O)[C@H](CCCNC(=N)N)NC(=O)[C@@H]2CCCN2C(=O)[C@H](Cc2ccc(O)cc2)NC(=O)CSC[C@@H](C(N)=O)NC(=O)[C@H](Cc2c[nH]c3ccccc23)NC(=O)[C@H](CCCNC(=N)N)NC(=O)[C@H]([C@@H](C)CC)NC(=O)[C@@H](C)NC(=O)[C@H](CO)NC(=O)[C@H](CCCNC(=N)N)NC(=O)[C@H](CCCNC(=N)N)NC1=O. The highest BCUT2D eigenvalue weighted by Gasteiger charge is 2.42. The summed E-state index contributed by atoms with van der Waals surface area (Å²) in [7, 11) is 0. The van der Waals surface area contributed by atoms with Crippen LogP contribution in [0.1, 0.15) is 123 Å². The average molecular weight is 1620 g/mol. The van der Waals surface area contributed by atoms with Gasteiger partial charge in [0.1, 0.15) is 78.3 Å². The third-order valence-electron chi connectivity index (χ3n) is 19.4. The standard InChI is InChI=1S/C72H114N26O15S/c1-6-37(3)55-66(111)92-47(19-12-28-84-71(78)79)60(105)93-49(32-41-33-86-44-16-9-8-15-43(41)44)63(108)95-52(57(73)102)35-114-36-54(101)88-50(31-40-22-24-42(100)25-23-40)68(113)98-30-14-21-53(98)65(110)90-48(20-13-29-85-72(80)81)62(107)97-56(38(4)7-2)67(112)91-46(18-11-27-83-70(76)77)59(104)89-45(17-10-26-82-69(74)75)61(106)94-51(34-99)64(109)87-39(5)58(103)96-55/h8-9,15-16,22-25,33,37-39,45-53,55-56,86,99-100H,6-7,10-14,17-21,26-32,34-36H2,1-5H3,(H2,73,102)(H,87,109)(H,88,101)(H,89,104)(H,90,110)(H,91,112)(H,92,111)(H,93,105)(H,94,106)(H,95,108)(H,96,103)(H,97,107)(H4,74,75,82)(H4,76,77,83)(H4,78,79,84)(H4,80,81,85)/t37-,38-,39+,45-,46-,47-,48-,49-,50-,51-,52-,53-,55-,56-/m0/s1. The number of guanidine groups is 4. The molecule has 2 fully saturated rings. The number of phenolic OH excluding ortho intramolecular Hbond substituents is 1. The van der Waals surface area contributed by atoms with Gasteiger partial charge in [0.15, 0.2) is 23.8 Å². The quantitative estimate of drug-likeness (QED) is 0.0202. The van der Waals surface area contributed by atoms with Crippen molar-refractivity contribution in [3.63, 3.8) is 0 Å². The molecule has 0 unspecified atom stereocenters. The number of nitrogens with two attached hydrogens (primary N) is 5. The number of aromatic nitrogens is 1. The molecule has 14 atom stereocenters. The Balaban J connectivity index is 1.62. The van der Waals surface area contributed by atoms with Crippen LogP contribution in [0.25, 0.3) is 10.9 Å². The molecule has 5 rings (SSSR count). The number of primary amides is 1. The lowest BCUT2D eigenvalue weighted by atomic mass is 9.96. The number of rotatable bonds is 26. The van der Waals surface area contributed by atoms with Crippen molar-refractivity contribution < 1.29 is 72.5 Å². The Morgan fingerprint density at radius 2 is 0.956 bits per heavy atom. The Labute approximate surface area is 664 Å². The zero-order chi connectivity index (χ0) is 84.3. The number of aliphatic hydroxyl groups excluding tert-OH is 1. The molecule has 41 nitrogen and oxygen atoms in total. The van der Waals surface area contributed by atoms with Crippen LogP contribution in [-0.2, 0) is 75.2 Å². The first-order valence-electron chi connectivity index (χ1n) is 37.9. The number of aromatic hydroxyl groups is 1. The van der Waals surface area contributed by atoms with Gasteiger partial charge in [0, 0.05) is 68.4 Å². The van der Waals surface area contributed by atoms with Crippen molar-refractivity contribution in [2.75, 3.05) is 50.8 Å². The number of hydrogen-bond donors (Lipinski definition) is 27. The molecule has 0 bridgehead atoms. The van der Waals surface area contributed by atoms with Gasteiger partial charge in [-0.2, -0.15) is 0 Å². The van der Waals surface area contributed by atoms with Crippen LogP contribution in [0, 0.1) is 33.5 Å². The molecule has 13 amide bonds. The predicted octanol–water partition coefficient (Wildman–Crippen LogP) is -5.63. The topological polar surface area (TPSA) is 687 Å². The summed E-state index contributed by atoms with van der Waals surface area (Å²) in [6, 6.07) is -5.14. The van der Waals surface area contributed by atoms with E-state index in [1.165, 1.54) is 36.1 Å². The first kappa shape index (κ1) is 92.9. The minimum absolute atomic E-state index is 0.00101. The van der Waals surface area contributed by atoms with Gasteiger partial charge in [-0.3, -0.25) is 84.0 Å². The van der Waals surface area contributed by atoms with Crippen molar-refractivity contribution in [3.05, 3.63) is 65.9 Å². The number of H-pyrrole nitrogens is 1. The lowest BCUT2D eigenvalue weighted by molar-refractivity contribution is -0.142. The fourth-order valence-electron chi connectivity index (χ4n) is 12.6. The maximum absolute atomic E-state index is 15.0. The van der Waals surface area contributed by atoms with Crippen LogP contribution in [0.4, 0.5) is 0 Å². The number of aliphatic hydroxyl groups is 1. The van der Waals surface area contributed by atoms with E-state index in [9.17, 15) is 67.7 Å². The second-order valence-electron chi connectivity index (χ2n) is 28.2. The number of fused-ring (bicyclic) bond motifs is 2. The Kier molecular flexibility index (Phi) is 38.3. The smallest absolute Gasteiger partial charge is 0.246 e. The maximum atomic E-state index is 15.0. The third-order valence-corrected chi connectivity index (χ3v) is 20.4. The number of carbonyl (C=O) groups excluding carboxylic acids is 13. The highest BCUT2D eigenvalue weighted by molar-refractivity contribution is 8.00. The van der Waals surface area contributed by atoms with Crippen LogP contribution in [0.15, 0.2) is 54.7 Å². The summed E-state index contributed by atoms with van der Waals surface area (Å²) in [4.78, 5) is 193. The molecule has 0 saturated carbocycles. The third kappa shape index (κ3) is 30.4. The predicted molar refractivity (Wildman–Crippen MR) is 425 cm³/mol. The number of hydrogen-bond acceptors (Lipinski definition) is 20. The van der Waals surface area contributed by atoms with Gasteiger partial charge in [-0.05, 0) is 112 Å². The molecule has 0 spiro atoms. The van der Waals surface area contributed by atoms with Crippen molar-refractivity contribution >= 4 is 123 Å². The molecule has 3 heterocycles. The minimum Gasteiger partial charge on any atom is -0.508 e. The van der Waals surface area contributed by atoms with Crippen LogP contribution >= 0.6 is 11.8 Å². The van der Waals surface area contributed by atoms with Crippen molar-refractivity contribution in [3.8, 4) is 5.75 Å². The molecule has 3 aromatic rings. The summed E-state index contributed by atoms with van der Waals surface area (Å²) >= 11 is 0.838. The van der Waals surface area contributed by atoms with Crippen LogP contribution in [0.5, 0.6) is 5.75 Å². The van der Waals surface area contributed by atoms with Gasteiger partial charge < -0.3 is 129 Å². The van der Waals surface area contributed by atoms with E-state index in [1.807, 2.05) is 0 Å². The molecule has 114 heavy (non-hydrogen) atoms. The maximum Gasteiger partial charge on any atom is 0.246 e. The molecule has 42 heteroatoms. The van der Waals surface area contributed by atoms with Crippen molar-refractivity contribution in [1.29, 1.82) is 21.6 Å². The molecule has 2 aliphatic heterocycles. The van der Waals surface area contributed by atoms with Gasteiger partial charge in [0.05, 0.1) is 12.4 Å². The van der Waals surface area contributed by atoms with Gasteiger partial charge in [-0.25, -0.2) is 0 Å². The van der Waals surface area contributed by atoms with Crippen LogP contribution in [-0.4, -0.2) is 244 Å². The van der Waals surface area contributed by atoms with E-state index >= 15 is 4.79 Å². The Morgan fingerprint density at radius 3 is 1.43 bits per heavy atom.